The van der Waals surface area contributed by atoms with Gasteiger partial charge in [0, 0.05) is 6.54 Å². The summed E-state index contributed by atoms with van der Waals surface area (Å²) >= 11 is 1.30. The Hall–Kier alpha value is -3.28. The molecule has 3 heterocycles. The third kappa shape index (κ3) is 4.42. The Morgan fingerprint density at radius 1 is 1.31 bits per heavy atom. The van der Waals surface area contributed by atoms with Crippen LogP contribution in [0.3, 0.4) is 0 Å². The van der Waals surface area contributed by atoms with E-state index in [-0.39, 0.29) is 6.04 Å². The molecule has 1 aromatic carbocycles. The monoisotopic (exact) mass is 405 g/mol. The van der Waals surface area contributed by atoms with Gasteiger partial charge in [-0.2, -0.15) is 5.26 Å². The Balaban J connectivity index is 1.48. The van der Waals surface area contributed by atoms with Crippen molar-refractivity contribution >= 4 is 28.3 Å². The topological polar surface area (TPSA) is 102 Å². The summed E-state index contributed by atoms with van der Waals surface area (Å²) in [5.41, 5.74) is 2.38. The maximum Gasteiger partial charge on any atom is 0.335 e. The van der Waals surface area contributed by atoms with Crippen molar-refractivity contribution in [1.82, 2.24) is 14.9 Å². The minimum atomic E-state index is -0.911. The molecule has 0 amide bonds. The summed E-state index contributed by atoms with van der Waals surface area (Å²) < 4.78 is 0. The van der Waals surface area contributed by atoms with Gasteiger partial charge < -0.3 is 10.4 Å². The van der Waals surface area contributed by atoms with E-state index in [1.165, 1.54) is 11.3 Å². The lowest BCUT2D eigenvalue weighted by Gasteiger charge is -2.24. The van der Waals surface area contributed by atoms with E-state index in [9.17, 15) is 4.79 Å². The molecule has 0 radical (unpaired) electrons. The van der Waals surface area contributed by atoms with Gasteiger partial charge in [0.05, 0.1) is 23.5 Å². The number of carbonyl (C=O) groups is 1. The molecule has 29 heavy (non-hydrogen) atoms. The van der Waals surface area contributed by atoms with Crippen molar-refractivity contribution in [3.8, 4) is 6.07 Å². The summed E-state index contributed by atoms with van der Waals surface area (Å²) in [6, 6.07) is 15.2. The Labute approximate surface area is 172 Å². The van der Waals surface area contributed by atoms with Gasteiger partial charge in [0.25, 0.3) is 0 Å². The molecular formula is C21H19N5O2S. The van der Waals surface area contributed by atoms with Crippen molar-refractivity contribution in [1.29, 1.82) is 5.26 Å². The molecule has 8 heteroatoms. The van der Waals surface area contributed by atoms with E-state index in [2.05, 4.69) is 21.3 Å². The summed E-state index contributed by atoms with van der Waals surface area (Å²) in [6.45, 7) is 1.73. The van der Waals surface area contributed by atoms with E-state index in [0.29, 0.717) is 21.4 Å². The van der Waals surface area contributed by atoms with Crippen molar-refractivity contribution in [3.05, 3.63) is 70.4 Å². The van der Waals surface area contributed by atoms with Gasteiger partial charge in [-0.3, -0.25) is 4.90 Å². The number of carboxylic acids is 1. The van der Waals surface area contributed by atoms with Crippen LogP contribution in [0, 0.1) is 11.3 Å². The first-order valence-electron chi connectivity index (χ1n) is 9.28. The van der Waals surface area contributed by atoms with Crippen molar-refractivity contribution in [2.45, 2.75) is 25.4 Å². The normalized spacial score (nSPS) is 16.4. The van der Waals surface area contributed by atoms with E-state index in [1.54, 1.807) is 18.3 Å². The molecule has 7 nitrogen and oxygen atoms in total. The minimum Gasteiger partial charge on any atom is -0.478 e. The number of nitriles is 1. The van der Waals surface area contributed by atoms with E-state index in [0.717, 1.165) is 37.2 Å². The number of benzene rings is 1. The maximum absolute atomic E-state index is 11.0. The Bertz CT molecular complexity index is 1060. The van der Waals surface area contributed by atoms with Crippen LogP contribution >= 0.6 is 11.3 Å². The van der Waals surface area contributed by atoms with Crippen LogP contribution in [0.25, 0.3) is 0 Å². The molecule has 1 atom stereocenters. The van der Waals surface area contributed by atoms with Crippen LogP contribution in [-0.4, -0.2) is 32.5 Å². The number of likely N-dealkylation sites (tertiary alicyclic amines) is 1. The lowest BCUT2D eigenvalue weighted by atomic mass is 10.1. The number of thiazole rings is 1. The van der Waals surface area contributed by atoms with E-state index in [4.69, 9.17) is 15.4 Å². The van der Waals surface area contributed by atoms with Gasteiger partial charge in [-0.25, -0.2) is 14.8 Å². The molecule has 4 rings (SSSR count). The summed E-state index contributed by atoms with van der Waals surface area (Å²) in [7, 11) is 0. The number of rotatable bonds is 6. The van der Waals surface area contributed by atoms with Crippen molar-refractivity contribution < 1.29 is 9.90 Å². The quantitative estimate of drug-likeness (QED) is 0.634. The third-order valence-corrected chi connectivity index (χ3v) is 5.73. The zero-order valence-corrected chi connectivity index (χ0v) is 16.4. The lowest BCUT2D eigenvalue weighted by molar-refractivity contribution is 0.0697. The number of pyridine rings is 1. The predicted molar refractivity (Wildman–Crippen MR) is 110 cm³/mol. The number of nitrogens with zero attached hydrogens (tertiary/aromatic N) is 4. The molecule has 0 aliphatic carbocycles. The molecule has 2 aromatic heterocycles. The number of hydrogen-bond donors (Lipinski definition) is 2. The van der Waals surface area contributed by atoms with Crippen LogP contribution in [0.4, 0.5) is 10.9 Å². The number of anilines is 2. The number of hydrogen-bond acceptors (Lipinski definition) is 7. The third-order valence-electron chi connectivity index (χ3n) is 4.91. The molecule has 1 aliphatic rings. The van der Waals surface area contributed by atoms with E-state index < -0.39 is 5.97 Å². The van der Waals surface area contributed by atoms with Crippen LogP contribution in [-0.2, 0) is 6.54 Å². The Morgan fingerprint density at radius 2 is 2.14 bits per heavy atom. The molecule has 0 saturated carbocycles. The fraction of sp³-hybridized carbons (Fsp3) is 0.238. The average Bonchev–Trinajstić information content (AvgIpc) is 3.38. The van der Waals surface area contributed by atoms with Gasteiger partial charge in [0.1, 0.15) is 16.8 Å². The molecular weight excluding hydrogens is 386 g/mol. The fourth-order valence-corrected chi connectivity index (χ4v) is 4.16. The van der Waals surface area contributed by atoms with Crippen LogP contribution in [0.15, 0.2) is 48.7 Å². The summed E-state index contributed by atoms with van der Waals surface area (Å²) in [5.74, 6) is -0.203. The standard InChI is InChI=1S/C21H19N5O2S/c22-11-16-12-23-21(29-16)25-19-5-1-3-17(24-19)18-4-2-10-26(18)13-14-6-8-15(9-7-14)20(27)28/h1,3,5-9,12,18H,2,4,10,13H2,(H,27,28)(H,23,24,25)/t18-/m0/s1. The minimum absolute atomic E-state index is 0.210. The second-order valence-corrected chi connectivity index (χ2v) is 7.88. The largest absolute Gasteiger partial charge is 0.478 e. The second kappa shape index (κ2) is 8.39. The zero-order chi connectivity index (χ0) is 20.2. The van der Waals surface area contributed by atoms with Gasteiger partial charge in [-0.05, 0) is 49.2 Å². The number of aromatic carboxylic acids is 1. The first-order valence-corrected chi connectivity index (χ1v) is 10.1. The molecule has 146 valence electrons. The van der Waals surface area contributed by atoms with Gasteiger partial charge >= 0.3 is 5.97 Å². The van der Waals surface area contributed by atoms with E-state index in [1.807, 2.05) is 30.3 Å². The molecule has 2 N–H and O–H groups in total. The molecule has 1 saturated heterocycles. The molecule has 0 bridgehead atoms. The highest BCUT2D eigenvalue weighted by atomic mass is 32.1. The molecule has 0 spiro atoms. The molecule has 3 aromatic rings. The van der Waals surface area contributed by atoms with Crippen molar-refractivity contribution in [2.24, 2.45) is 0 Å². The molecule has 1 fully saturated rings. The van der Waals surface area contributed by atoms with E-state index >= 15 is 0 Å². The Morgan fingerprint density at radius 3 is 2.86 bits per heavy atom. The lowest BCUT2D eigenvalue weighted by Crippen LogP contribution is -2.23. The summed E-state index contributed by atoms with van der Waals surface area (Å²) in [5, 5.41) is 21.8. The zero-order valence-electron chi connectivity index (χ0n) is 15.6. The number of carboxylic acid groups (broad SMARTS) is 1. The summed E-state index contributed by atoms with van der Waals surface area (Å²) in [6.07, 6.45) is 3.67. The number of aromatic nitrogens is 2. The maximum atomic E-state index is 11.0. The molecule has 1 aliphatic heterocycles. The SMILES string of the molecule is N#Cc1cnc(Nc2cccc([C@@H]3CCCN3Cc3ccc(C(=O)O)cc3)n2)s1. The second-order valence-electron chi connectivity index (χ2n) is 6.84. The van der Waals surface area contributed by atoms with Crippen LogP contribution in [0.5, 0.6) is 0 Å². The van der Waals surface area contributed by atoms with Gasteiger partial charge in [0.2, 0.25) is 0 Å². The average molecular weight is 405 g/mol. The number of nitrogens with one attached hydrogen (secondary N) is 1. The van der Waals surface area contributed by atoms with Crippen LogP contribution in [0.1, 0.15) is 45.4 Å². The first kappa shape index (κ1) is 19.1. The smallest absolute Gasteiger partial charge is 0.335 e. The predicted octanol–water partition coefficient (Wildman–Crippen LogP) is 4.19. The first-order chi connectivity index (χ1) is 14.1. The van der Waals surface area contributed by atoms with Gasteiger partial charge in [0.15, 0.2) is 5.13 Å². The Kier molecular flexibility index (Phi) is 5.51. The highest BCUT2D eigenvalue weighted by Crippen LogP contribution is 2.33. The van der Waals surface area contributed by atoms with Crippen LogP contribution in [0.2, 0.25) is 0 Å². The highest BCUT2D eigenvalue weighted by Gasteiger charge is 2.27. The molecule has 0 unspecified atom stereocenters. The van der Waals surface area contributed by atoms with Crippen molar-refractivity contribution in [3.63, 3.8) is 0 Å². The fourth-order valence-electron chi connectivity index (χ4n) is 3.54. The van der Waals surface area contributed by atoms with Crippen LogP contribution < -0.4 is 5.32 Å². The van der Waals surface area contributed by atoms with Gasteiger partial charge in [-0.15, -0.1) is 0 Å². The highest BCUT2D eigenvalue weighted by molar-refractivity contribution is 7.16. The van der Waals surface area contributed by atoms with Gasteiger partial charge in [-0.1, -0.05) is 29.5 Å². The summed E-state index contributed by atoms with van der Waals surface area (Å²) in [4.78, 5) is 22.9. The van der Waals surface area contributed by atoms with Crippen molar-refractivity contribution in [2.75, 3.05) is 11.9 Å².